The molecule has 0 aliphatic carbocycles. The minimum absolute atomic E-state index is 0.151. The summed E-state index contributed by atoms with van der Waals surface area (Å²) in [4.78, 5) is 0. The molecule has 1 aromatic carbocycles. The fourth-order valence-corrected chi connectivity index (χ4v) is 1.58. The van der Waals surface area contributed by atoms with Gasteiger partial charge in [0.2, 0.25) is 0 Å². The van der Waals surface area contributed by atoms with Crippen LogP contribution < -0.4 is 5.73 Å². The lowest BCUT2D eigenvalue weighted by Crippen LogP contribution is -2.13. The normalized spacial score (nSPS) is 12.8. The molecular formula is C11H14ClF2NO. The quantitative estimate of drug-likeness (QED) is 0.643. The molecule has 2 N–H and O–H groups in total. The zero-order chi connectivity index (χ0) is 12.1. The van der Waals surface area contributed by atoms with E-state index in [0.717, 1.165) is 12.1 Å². The Kier molecular flexibility index (Phi) is 5.12. The number of hydrogen-bond donors (Lipinski definition) is 1. The lowest BCUT2D eigenvalue weighted by atomic mass is 10.0. The number of ether oxygens (including phenoxy) is 1. The standard InChI is InChI=1S/C11H14ClF2NO/c1-16-4-2-3-11(15)7-5-10(14)8(12)6-9(7)13/h5-6,11H,2-4,15H2,1H3. The van der Waals surface area contributed by atoms with Gasteiger partial charge in [0.05, 0.1) is 5.02 Å². The first-order chi connectivity index (χ1) is 7.56. The molecule has 1 rings (SSSR count). The molecule has 1 aromatic rings. The summed E-state index contributed by atoms with van der Waals surface area (Å²) in [5.74, 6) is -1.23. The molecule has 0 spiro atoms. The SMILES string of the molecule is COCCCC(N)c1cc(F)c(Cl)cc1F. The van der Waals surface area contributed by atoms with Crippen molar-refractivity contribution in [3.8, 4) is 0 Å². The molecule has 0 amide bonds. The molecule has 5 heteroatoms. The van der Waals surface area contributed by atoms with Crippen LogP contribution in [-0.2, 0) is 4.74 Å². The van der Waals surface area contributed by atoms with Crippen LogP contribution in [0.2, 0.25) is 5.02 Å². The second kappa shape index (κ2) is 6.13. The Bertz CT molecular complexity index is 360. The highest BCUT2D eigenvalue weighted by Crippen LogP contribution is 2.24. The third-order valence-electron chi connectivity index (χ3n) is 2.30. The van der Waals surface area contributed by atoms with E-state index in [1.165, 1.54) is 0 Å². The molecule has 1 atom stereocenters. The van der Waals surface area contributed by atoms with E-state index in [1.54, 1.807) is 7.11 Å². The minimum Gasteiger partial charge on any atom is -0.385 e. The van der Waals surface area contributed by atoms with Crippen LogP contribution in [0.1, 0.15) is 24.4 Å². The van der Waals surface area contributed by atoms with Gasteiger partial charge in [-0.2, -0.15) is 0 Å². The second-order valence-electron chi connectivity index (χ2n) is 3.53. The Labute approximate surface area is 98.3 Å². The fraction of sp³-hybridized carbons (Fsp3) is 0.455. The predicted molar refractivity (Wildman–Crippen MR) is 59.4 cm³/mol. The summed E-state index contributed by atoms with van der Waals surface area (Å²) >= 11 is 5.44. The molecule has 2 nitrogen and oxygen atoms in total. The van der Waals surface area contributed by atoms with Crippen LogP contribution >= 0.6 is 11.6 Å². The zero-order valence-electron chi connectivity index (χ0n) is 8.97. The van der Waals surface area contributed by atoms with Crippen LogP contribution in [0.5, 0.6) is 0 Å². The number of halogens is 3. The summed E-state index contributed by atoms with van der Waals surface area (Å²) in [6, 6.07) is 1.46. The van der Waals surface area contributed by atoms with E-state index < -0.39 is 17.7 Å². The van der Waals surface area contributed by atoms with Crippen LogP contribution in [0.3, 0.4) is 0 Å². The van der Waals surface area contributed by atoms with Crippen LogP contribution in [0.4, 0.5) is 8.78 Å². The van der Waals surface area contributed by atoms with Crippen molar-refractivity contribution in [1.29, 1.82) is 0 Å². The van der Waals surface area contributed by atoms with Crippen molar-refractivity contribution in [3.63, 3.8) is 0 Å². The molecule has 90 valence electrons. The zero-order valence-corrected chi connectivity index (χ0v) is 9.73. The first-order valence-electron chi connectivity index (χ1n) is 4.95. The molecule has 0 radical (unpaired) electrons. The molecular weight excluding hydrogens is 236 g/mol. The molecule has 0 aliphatic rings. The van der Waals surface area contributed by atoms with Crippen molar-refractivity contribution >= 4 is 11.6 Å². The summed E-state index contributed by atoms with van der Waals surface area (Å²) in [6.07, 6.45) is 1.23. The first kappa shape index (κ1) is 13.4. The van der Waals surface area contributed by atoms with Crippen molar-refractivity contribution in [2.45, 2.75) is 18.9 Å². The molecule has 0 heterocycles. The number of nitrogens with two attached hydrogens (primary N) is 1. The lowest BCUT2D eigenvalue weighted by Gasteiger charge is -2.13. The van der Waals surface area contributed by atoms with Gasteiger partial charge < -0.3 is 10.5 Å². The van der Waals surface area contributed by atoms with Gasteiger partial charge in [-0.15, -0.1) is 0 Å². The van der Waals surface area contributed by atoms with Crippen molar-refractivity contribution in [3.05, 3.63) is 34.4 Å². The van der Waals surface area contributed by atoms with E-state index in [0.29, 0.717) is 19.4 Å². The van der Waals surface area contributed by atoms with Crippen molar-refractivity contribution in [1.82, 2.24) is 0 Å². The predicted octanol–water partition coefficient (Wildman–Crippen LogP) is 3.04. The van der Waals surface area contributed by atoms with Gasteiger partial charge in [0.1, 0.15) is 11.6 Å². The number of methoxy groups -OCH3 is 1. The van der Waals surface area contributed by atoms with E-state index in [9.17, 15) is 8.78 Å². The Morgan fingerprint density at radius 2 is 2.06 bits per heavy atom. The van der Waals surface area contributed by atoms with E-state index in [2.05, 4.69) is 0 Å². The molecule has 0 aromatic heterocycles. The minimum atomic E-state index is -0.653. The molecule has 0 saturated heterocycles. The lowest BCUT2D eigenvalue weighted by molar-refractivity contribution is 0.190. The summed E-state index contributed by atoms with van der Waals surface area (Å²) in [5, 5.41) is -0.231. The Morgan fingerprint density at radius 1 is 1.38 bits per heavy atom. The average molecular weight is 250 g/mol. The number of rotatable bonds is 5. The maximum Gasteiger partial charge on any atom is 0.142 e. The summed E-state index contributed by atoms with van der Waals surface area (Å²) in [7, 11) is 1.58. The molecule has 0 fully saturated rings. The first-order valence-corrected chi connectivity index (χ1v) is 5.33. The summed E-state index contributed by atoms with van der Waals surface area (Å²) < 4.78 is 31.4. The van der Waals surface area contributed by atoms with E-state index >= 15 is 0 Å². The van der Waals surface area contributed by atoms with Gasteiger partial charge >= 0.3 is 0 Å². The van der Waals surface area contributed by atoms with Gasteiger partial charge in [0, 0.05) is 25.3 Å². The Morgan fingerprint density at radius 3 is 2.69 bits per heavy atom. The van der Waals surface area contributed by atoms with Gasteiger partial charge in [-0.3, -0.25) is 0 Å². The molecule has 0 bridgehead atoms. The van der Waals surface area contributed by atoms with Gasteiger partial charge in [-0.25, -0.2) is 8.78 Å². The fourth-order valence-electron chi connectivity index (χ4n) is 1.43. The highest BCUT2D eigenvalue weighted by Gasteiger charge is 2.14. The largest absolute Gasteiger partial charge is 0.385 e. The van der Waals surface area contributed by atoms with Gasteiger partial charge in [-0.05, 0) is 25.0 Å². The maximum atomic E-state index is 13.4. The van der Waals surface area contributed by atoms with E-state index in [1.807, 2.05) is 0 Å². The number of benzene rings is 1. The maximum absolute atomic E-state index is 13.4. The van der Waals surface area contributed by atoms with Gasteiger partial charge in [0.25, 0.3) is 0 Å². The smallest absolute Gasteiger partial charge is 0.142 e. The third kappa shape index (κ3) is 3.40. The molecule has 16 heavy (non-hydrogen) atoms. The van der Waals surface area contributed by atoms with Crippen LogP contribution in [-0.4, -0.2) is 13.7 Å². The van der Waals surface area contributed by atoms with Crippen molar-refractivity contribution < 1.29 is 13.5 Å². The molecule has 0 saturated carbocycles. The average Bonchev–Trinajstić information content (AvgIpc) is 2.23. The summed E-state index contributed by atoms with van der Waals surface area (Å²) in [5.41, 5.74) is 5.90. The molecule has 0 aliphatic heterocycles. The number of hydrogen-bond acceptors (Lipinski definition) is 2. The van der Waals surface area contributed by atoms with Crippen LogP contribution in [0.25, 0.3) is 0 Å². The third-order valence-corrected chi connectivity index (χ3v) is 2.59. The highest BCUT2D eigenvalue weighted by molar-refractivity contribution is 6.30. The molecule has 1 unspecified atom stereocenters. The van der Waals surface area contributed by atoms with Crippen LogP contribution in [0, 0.1) is 11.6 Å². The monoisotopic (exact) mass is 249 g/mol. The van der Waals surface area contributed by atoms with Gasteiger partial charge in [-0.1, -0.05) is 11.6 Å². The van der Waals surface area contributed by atoms with Crippen LogP contribution in [0.15, 0.2) is 12.1 Å². The Balaban J connectivity index is 2.75. The van der Waals surface area contributed by atoms with E-state index in [4.69, 9.17) is 22.1 Å². The van der Waals surface area contributed by atoms with Gasteiger partial charge in [0.15, 0.2) is 0 Å². The Hall–Kier alpha value is -0.710. The van der Waals surface area contributed by atoms with Crippen molar-refractivity contribution in [2.75, 3.05) is 13.7 Å². The highest BCUT2D eigenvalue weighted by atomic mass is 35.5. The van der Waals surface area contributed by atoms with E-state index in [-0.39, 0.29) is 10.6 Å². The summed E-state index contributed by atoms with van der Waals surface area (Å²) in [6.45, 7) is 0.547. The van der Waals surface area contributed by atoms with Crippen molar-refractivity contribution in [2.24, 2.45) is 5.73 Å². The second-order valence-corrected chi connectivity index (χ2v) is 3.94. The topological polar surface area (TPSA) is 35.2 Å².